The zero-order valence-electron chi connectivity index (χ0n) is 10.0. The van der Waals surface area contributed by atoms with Gasteiger partial charge in [0.2, 0.25) is 0 Å². The highest BCUT2D eigenvalue weighted by atomic mass is 32.1. The molecule has 1 aromatic heterocycles. The predicted octanol–water partition coefficient (Wildman–Crippen LogP) is 3.85. The van der Waals surface area contributed by atoms with E-state index in [9.17, 15) is 5.11 Å². The molecular weight excluding hydrogens is 228 g/mol. The third kappa shape index (κ3) is 3.69. The van der Waals surface area contributed by atoms with Crippen molar-refractivity contribution in [2.24, 2.45) is 0 Å². The minimum absolute atomic E-state index is 0.250. The first-order chi connectivity index (χ1) is 8.25. The van der Waals surface area contributed by atoms with Crippen molar-refractivity contribution in [1.29, 1.82) is 0 Å². The first kappa shape index (κ1) is 12.3. The summed E-state index contributed by atoms with van der Waals surface area (Å²) in [5.74, 6) is 0.407. The average molecular weight is 246 g/mol. The molecule has 2 atom stereocenters. The molecule has 0 bridgehead atoms. The molecule has 2 aromatic rings. The minimum Gasteiger partial charge on any atom is -0.393 e. The van der Waals surface area contributed by atoms with E-state index in [1.807, 2.05) is 6.07 Å². The number of hydrogen-bond acceptors (Lipinski definition) is 2. The van der Waals surface area contributed by atoms with Gasteiger partial charge in [0.15, 0.2) is 0 Å². The van der Waals surface area contributed by atoms with Crippen LogP contribution in [0.15, 0.2) is 47.2 Å². The van der Waals surface area contributed by atoms with Gasteiger partial charge >= 0.3 is 0 Å². The molecular formula is C15H18OS. The molecule has 0 aliphatic carbocycles. The van der Waals surface area contributed by atoms with E-state index in [0.29, 0.717) is 5.92 Å². The molecule has 0 fully saturated rings. The summed E-state index contributed by atoms with van der Waals surface area (Å²) in [6.07, 6.45) is 1.33. The van der Waals surface area contributed by atoms with Crippen molar-refractivity contribution in [3.8, 4) is 0 Å². The Kier molecular flexibility index (Phi) is 4.35. The fraction of sp³-hybridized carbons (Fsp3) is 0.333. The standard InChI is InChI=1S/C15H18OS/c1-12(14-5-3-2-4-6-14)9-15(16)10-13-7-8-17-11-13/h2-8,11-12,15-16H,9-10H2,1H3. The van der Waals surface area contributed by atoms with Crippen molar-refractivity contribution in [2.75, 3.05) is 0 Å². The zero-order valence-corrected chi connectivity index (χ0v) is 10.9. The first-order valence-corrected chi connectivity index (χ1v) is 6.94. The molecule has 2 rings (SSSR count). The van der Waals surface area contributed by atoms with Gasteiger partial charge in [-0.05, 0) is 46.7 Å². The van der Waals surface area contributed by atoms with E-state index in [0.717, 1.165) is 12.8 Å². The van der Waals surface area contributed by atoms with E-state index in [-0.39, 0.29) is 6.10 Å². The van der Waals surface area contributed by atoms with Gasteiger partial charge in [0, 0.05) is 0 Å². The van der Waals surface area contributed by atoms with Gasteiger partial charge in [-0.3, -0.25) is 0 Å². The summed E-state index contributed by atoms with van der Waals surface area (Å²) in [6.45, 7) is 2.17. The molecule has 0 aliphatic heterocycles. The van der Waals surface area contributed by atoms with Crippen LogP contribution in [-0.2, 0) is 6.42 Å². The molecule has 1 N–H and O–H groups in total. The summed E-state index contributed by atoms with van der Waals surface area (Å²) in [7, 11) is 0. The van der Waals surface area contributed by atoms with Gasteiger partial charge in [-0.1, -0.05) is 37.3 Å². The summed E-state index contributed by atoms with van der Waals surface area (Å²) >= 11 is 1.69. The van der Waals surface area contributed by atoms with E-state index >= 15 is 0 Å². The minimum atomic E-state index is -0.250. The highest BCUT2D eigenvalue weighted by molar-refractivity contribution is 7.07. The third-order valence-electron chi connectivity index (χ3n) is 3.05. The van der Waals surface area contributed by atoms with Crippen molar-refractivity contribution >= 4 is 11.3 Å². The summed E-state index contributed by atoms with van der Waals surface area (Å²) < 4.78 is 0. The Hall–Kier alpha value is -1.12. The van der Waals surface area contributed by atoms with Crippen molar-refractivity contribution in [2.45, 2.75) is 31.8 Å². The molecule has 17 heavy (non-hydrogen) atoms. The summed E-state index contributed by atoms with van der Waals surface area (Å²) in [5, 5.41) is 14.2. The predicted molar refractivity (Wildman–Crippen MR) is 73.5 cm³/mol. The van der Waals surface area contributed by atoms with Crippen LogP contribution in [0, 0.1) is 0 Å². The third-order valence-corrected chi connectivity index (χ3v) is 3.78. The molecule has 0 saturated carbocycles. The van der Waals surface area contributed by atoms with Crippen LogP contribution in [0.3, 0.4) is 0 Å². The van der Waals surface area contributed by atoms with Crippen molar-refractivity contribution in [3.05, 3.63) is 58.3 Å². The maximum absolute atomic E-state index is 10.1. The maximum atomic E-state index is 10.1. The molecule has 0 aliphatic rings. The second-order valence-corrected chi connectivity index (χ2v) is 5.32. The van der Waals surface area contributed by atoms with Crippen LogP contribution in [-0.4, -0.2) is 11.2 Å². The normalized spacial score (nSPS) is 14.5. The molecule has 1 aromatic carbocycles. The number of hydrogen-bond donors (Lipinski definition) is 1. The van der Waals surface area contributed by atoms with Gasteiger partial charge in [-0.15, -0.1) is 0 Å². The Balaban J connectivity index is 1.88. The van der Waals surface area contributed by atoms with Gasteiger partial charge in [0.05, 0.1) is 6.10 Å². The lowest BCUT2D eigenvalue weighted by Gasteiger charge is -2.16. The molecule has 1 nitrogen and oxygen atoms in total. The van der Waals surface area contributed by atoms with E-state index < -0.39 is 0 Å². The van der Waals surface area contributed by atoms with E-state index in [1.54, 1.807) is 11.3 Å². The van der Waals surface area contributed by atoms with Gasteiger partial charge in [-0.25, -0.2) is 0 Å². The molecule has 1 heterocycles. The second-order valence-electron chi connectivity index (χ2n) is 4.54. The van der Waals surface area contributed by atoms with Crippen LogP contribution in [0.5, 0.6) is 0 Å². The molecule has 2 unspecified atom stereocenters. The number of rotatable bonds is 5. The monoisotopic (exact) mass is 246 g/mol. The topological polar surface area (TPSA) is 20.2 Å². The molecule has 0 radical (unpaired) electrons. The average Bonchev–Trinajstić information content (AvgIpc) is 2.82. The Morgan fingerprint density at radius 1 is 1.18 bits per heavy atom. The number of aliphatic hydroxyl groups is 1. The SMILES string of the molecule is CC(CC(O)Cc1ccsc1)c1ccccc1. The van der Waals surface area contributed by atoms with E-state index in [1.165, 1.54) is 11.1 Å². The van der Waals surface area contributed by atoms with Crippen LogP contribution >= 0.6 is 11.3 Å². The highest BCUT2D eigenvalue weighted by Crippen LogP contribution is 2.22. The molecule has 0 amide bonds. The van der Waals surface area contributed by atoms with Crippen molar-refractivity contribution < 1.29 is 5.11 Å². The number of benzene rings is 1. The maximum Gasteiger partial charge on any atom is 0.0586 e. The summed E-state index contributed by atoms with van der Waals surface area (Å²) in [5.41, 5.74) is 2.54. The van der Waals surface area contributed by atoms with Gasteiger partial charge < -0.3 is 5.11 Å². The summed E-state index contributed by atoms with van der Waals surface area (Å²) in [4.78, 5) is 0. The lowest BCUT2D eigenvalue weighted by atomic mass is 9.93. The number of thiophene rings is 1. The molecule has 0 spiro atoms. The van der Waals surface area contributed by atoms with Gasteiger partial charge in [0.25, 0.3) is 0 Å². The Morgan fingerprint density at radius 2 is 1.94 bits per heavy atom. The lowest BCUT2D eigenvalue weighted by molar-refractivity contribution is 0.157. The summed E-state index contributed by atoms with van der Waals surface area (Å²) in [6, 6.07) is 12.5. The molecule has 90 valence electrons. The zero-order chi connectivity index (χ0) is 12.1. The van der Waals surface area contributed by atoms with Crippen molar-refractivity contribution in [1.82, 2.24) is 0 Å². The fourth-order valence-corrected chi connectivity index (χ4v) is 2.77. The van der Waals surface area contributed by atoms with Gasteiger partial charge in [0.1, 0.15) is 0 Å². The Morgan fingerprint density at radius 3 is 2.59 bits per heavy atom. The second kappa shape index (κ2) is 5.99. The lowest BCUT2D eigenvalue weighted by Crippen LogP contribution is -2.13. The fourth-order valence-electron chi connectivity index (χ4n) is 2.09. The van der Waals surface area contributed by atoms with Crippen LogP contribution in [0.1, 0.15) is 30.4 Å². The van der Waals surface area contributed by atoms with Crippen LogP contribution in [0.25, 0.3) is 0 Å². The quantitative estimate of drug-likeness (QED) is 0.849. The van der Waals surface area contributed by atoms with E-state index in [2.05, 4.69) is 48.0 Å². The van der Waals surface area contributed by atoms with E-state index in [4.69, 9.17) is 0 Å². The van der Waals surface area contributed by atoms with Crippen LogP contribution in [0.4, 0.5) is 0 Å². The molecule has 0 saturated heterocycles. The van der Waals surface area contributed by atoms with Crippen molar-refractivity contribution in [3.63, 3.8) is 0 Å². The number of aliphatic hydroxyl groups excluding tert-OH is 1. The molecule has 2 heteroatoms. The van der Waals surface area contributed by atoms with Crippen LogP contribution in [0.2, 0.25) is 0 Å². The highest BCUT2D eigenvalue weighted by Gasteiger charge is 2.12. The smallest absolute Gasteiger partial charge is 0.0586 e. The largest absolute Gasteiger partial charge is 0.393 e. The van der Waals surface area contributed by atoms with Gasteiger partial charge in [-0.2, -0.15) is 11.3 Å². The van der Waals surface area contributed by atoms with Crippen LogP contribution < -0.4 is 0 Å². The Bertz CT molecular complexity index is 421. The Labute approximate surface area is 107 Å². The first-order valence-electron chi connectivity index (χ1n) is 6.00.